The van der Waals surface area contributed by atoms with Crippen molar-refractivity contribution in [2.24, 2.45) is 0 Å². The Hall–Kier alpha value is -2.77. The summed E-state index contributed by atoms with van der Waals surface area (Å²) in [6.45, 7) is 1.30. The summed E-state index contributed by atoms with van der Waals surface area (Å²) in [5.41, 5.74) is 2.23. The number of hydrogen-bond donors (Lipinski definition) is 1. The van der Waals surface area contributed by atoms with Crippen molar-refractivity contribution in [3.05, 3.63) is 59.7 Å². The van der Waals surface area contributed by atoms with Crippen LogP contribution in [0.2, 0.25) is 0 Å². The molecule has 138 valence electrons. The van der Waals surface area contributed by atoms with E-state index in [0.717, 1.165) is 30.7 Å². The summed E-state index contributed by atoms with van der Waals surface area (Å²) in [4.78, 5) is 21.1. The van der Waals surface area contributed by atoms with Crippen LogP contribution in [-0.2, 0) is 4.74 Å². The van der Waals surface area contributed by atoms with Gasteiger partial charge in [-0.15, -0.1) is 11.3 Å². The average molecular weight is 381 g/mol. The van der Waals surface area contributed by atoms with Gasteiger partial charge in [-0.3, -0.25) is 15.1 Å². The van der Waals surface area contributed by atoms with Gasteiger partial charge in [-0.2, -0.15) is 0 Å². The number of benzene rings is 1. The molecule has 7 heteroatoms. The summed E-state index contributed by atoms with van der Waals surface area (Å²) < 4.78 is 11.3. The predicted octanol–water partition coefficient (Wildman–Crippen LogP) is 4.02. The number of aromatic nitrogens is 2. The number of carbonyl (C=O) groups is 1. The second-order valence-corrected chi connectivity index (χ2v) is 7.07. The Balaban J connectivity index is 1.39. The highest BCUT2D eigenvalue weighted by Crippen LogP contribution is 2.25. The average Bonchev–Trinajstić information content (AvgIpc) is 3.39. The van der Waals surface area contributed by atoms with Crippen molar-refractivity contribution in [2.75, 3.05) is 18.5 Å². The molecule has 1 aliphatic rings. The van der Waals surface area contributed by atoms with E-state index in [4.69, 9.17) is 9.47 Å². The van der Waals surface area contributed by atoms with Gasteiger partial charge in [0.15, 0.2) is 5.13 Å². The molecule has 0 bridgehead atoms. The largest absolute Gasteiger partial charge is 0.491 e. The third-order valence-corrected chi connectivity index (χ3v) is 5.00. The Bertz CT molecular complexity index is 908. The SMILES string of the molecule is O=C(Nc1nc(-c2cccnc2)cs1)c1cccc(OCC2CCCO2)c1. The van der Waals surface area contributed by atoms with Gasteiger partial charge < -0.3 is 9.47 Å². The normalized spacial score (nSPS) is 16.2. The van der Waals surface area contributed by atoms with Crippen molar-refractivity contribution < 1.29 is 14.3 Å². The van der Waals surface area contributed by atoms with Gasteiger partial charge >= 0.3 is 0 Å². The zero-order valence-corrected chi connectivity index (χ0v) is 15.4. The van der Waals surface area contributed by atoms with Crippen molar-refractivity contribution in [2.45, 2.75) is 18.9 Å². The molecular weight excluding hydrogens is 362 g/mol. The van der Waals surface area contributed by atoms with Crippen LogP contribution in [0.4, 0.5) is 5.13 Å². The molecule has 1 amide bonds. The molecule has 0 radical (unpaired) electrons. The molecule has 1 aromatic carbocycles. The maximum atomic E-state index is 12.5. The van der Waals surface area contributed by atoms with Gasteiger partial charge in [-0.05, 0) is 43.2 Å². The predicted molar refractivity (Wildman–Crippen MR) is 104 cm³/mol. The monoisotopic (exact) mass is 381 g/mol. The fraction of sp³-hybridized carbons (Fsp3) is 0.250. The highest BCUT2D eigenvalue weighted by Gasteiger charge is 2.16. The number of thiazole rings is 1. The van der Waals surface area contributed by atoms with Crippen molar-refractivity contribution in [3.8, 4) is 17.0 Å². The molecule has 3 heterocycles. The highest BCUT2D eigenvalue weighted by molar-refractivity contribution is 7.14. The standard InChI is InChI=1S/C20H19N3O3S/c24-19(23-20-22-18(13-27-20)15-5-2-8-21-11-15)14-4-1-6-16(10-14)26-12-17-7-3-9-25-17/h1-2,4-6,8,10-11,13,17H,3,7,9,12H2,(H,22,23,24). The Morgan fingerprint density at radius 2 is 2.30 bits per heavy atom. The lowest BCUT2D eigenvalue weighted by molar-refractivity contribution is 0.0679. The molecule has 0 aliphatic carbocycles. The minimum Gasteiger partial charge on any atom is -0.491 e. The van der Waals surface area contributed by atoms with Crippen LogP contribution in [0.1, 0.15) is 23.2 Å². The molecule has 1 atom stereocenters. The van der Waals surface area contributed by atoms with Gasteiger partial charge in [0, 0.05) is 35.5 Å². The van der Waals surface area contributed by atoms with Gasteiger partial charge in [0.25, 0.3) is 5.91 Å². The van der Waals surface area contributed by atoms with E-state index in [2.05, 4.69) is 15.3 Å². The lowest BCUT2D eigenvalue weighted by Crippen LogP contribution is -2.16. The lowest BCUT2D eigenvalue weighted by Gasteiger charge is -2.12. The van der Waals surface area contributed by atoms with E-state index in [1.54, 1.807) is 24.5 Å². The van der Waals surface area contributed by atoms with Crippen molar-refractivity contribution >= 4 is 22.4 Å². The van der Waals surface area contributed by atoms with Crippen LogP contribution in [0, 0.1) is 0 Å². The minimum absolute atomic E-state index is 0.142. The summed E-state index contributed by atoms with van der Waals surface area (Å²) in [5, 5.41) is 5.28. The maximum absolute atomic E-state index is 12.5. The molecule has 6 nitrogen and oxygen atoms in total. The van der Waals surface area contributed by atoms with Gasteiger partial charge in [0.1, 0.15) is 12.4 Å². The van der Waals surface area contributed by atoms with Crippen LogP contribution < -0.4 is 10.1 Å². The van der Waals surface area contributed by atoms with E-state index >= 15 is 0 Å². The first kappa shape index (κ1) is 17.6. The lowest BCUT2D eigenvalue weighted by atomic mass is 10.2. The van der Waals surface area contributed by atoms with Gasteiger partial charge in [-0.25, -0.2) is 4.98 Å². The van der Waals surface area contributed by atoms with Gasteiger partial charge in [-0.1, -0.05) is 6.07 Å². The molecule has 3 aromatic rings. The van der Waals surface area contributed by atoms with E-state index in [1.165, 1.54) is 11.3 Å². The van der Waals surface area contributed by atoms with Crippen LogP contribution in [0.3, 0.4) is 0 Å². The number of pyridine rings is 1. The van der Waals surface area contributed by atoms with Crippen LogP contribution >= 0.6 is 11.3 Å². The molecule has 2 aromatic heterocycles. The first-order valence-electron chi connectivity index (χ1n) is 8.80. The Labute approximate surface area is 161 Å². The van der Waals surface area contributed by atoms with Crippen LogP contribution in [0.15, 0.2) is 54.2 Å². The molecule has 1 unspecified atom stereocenters. The number of hydrogen-bond acceptors (Lipinski definition) is 6. The fourth-order valence-electron chi connectivity index (χ4n) is 2.84. The zero-order valence-electron chi connectivity index (χ0n) is 14.6. The minimum atomic E-state index is -0.218. The van der Waals surface area contributed by atoms with E-state index in [1.807, 2.05) is 29.6 Å². The molecule has 0 saturated carbocycles. The number of carbonyl (C=O) groups excluding carboxylic acids is 1. The number of rotatable bonds is 6. The molecule has 4 rings (SSSR count). The summed E-state index contributed by atoms with van der Waals surface area (Å²) in [6, 6.07) is 10.9. The first-order valence-corrected chi connectivity index (χ1v) is 9.67. The number of ether oxygens (including phenoxy) is 2. The zero-order chi connectivity index (χ0) is 18.5. The first-order chi connectivity index (χ1) is 13.3. The molecule has 1 saturated heterocycles. The van der Waals surface area contributed by atoms with E-state index in [0.29, 0.717) is 23.1 Å². The molecule has 0 spiro atoms. The molecule has 1 fully saturated rings. The Morgan fingerprint density at radius 3 is 3.11 bits per heavy atom. The maximum Gasteiger partial charge on any atom is 0.257 e. The number of nitrogens with zero attached hydrogens (tertiary/aromatic N) is 2. The summed E-state index contributed by atoms with van der Waals surface area (Å²) in [7, 11) is 0. The quantitative estimate of drug-likeness (QED) is 0.698. The molecule has 27 heavy (non-hydrogen) atoms. The number of nitrogens with one attached hydrogen (secondary N) is 1. The molecule has 1 N–H and O–H groups in total. The molecular formula is C20H19N3O3S. The smallest absolute Gasteiger partial charge is 0.257 e. The third-order valence-electron chi connectivity index (χ3n) is 4.24. The van der Waals surface area contributed by atoms with Crippen LogP contribution in [-0.4, -0.2) is 35.2 Å². The number of anilines is 1. The summed E-state index contributed by atoms with van der Waals surface area (Å²) in [6.07, 6.45) is 5.69. The molecule has 1 aliphatic heterocycles. The van der Waals surface area contributed by atoms with Crippen molar-refractivity contribution in [1.82, 2.24) is 9.97 Å². The summed E-state index contributed by atoms with van der Waals surface area (Å²) in [5.74, 6) is 0.443. The summed E-state index contributed by atoms with van der Waals surface area (Å²) >= 11 is 1.38. The number of amides is 1. The van der Waals surface area contributed by atoms with Gasteiger partial charge in [0.05, 0.1) is 11.8 Å². The van der Waals surface area contributed by atoms with Crippen LogP contribution in [0.5, 0.6) is 5.75 Å². The van der Waals surface area contributed by atoms with Crippen molar-refractivity contribution in [1.29, 1.82) is 0 Å². The second kappa shape index (κ2) is 8.28. The second-order valence-electron chi connectivity index (χ2n) is 6.21. The van der Waals surface area contributed by atoms with E-state index in [-0.39, 0.29) is 12.0 Å². The third kappa shape index (κ3) is 4.50. The fourth-order valence-corrected chi connectivity index (χ4v) is 3.55. The van der Waals surface area contributed by atoms with E-state index in [9.17, 15) is 4.79 Å². The highest BCUT2D eigenvalue weighted by atomic mass is 32.1. The Kier molecular flexibility index (Phi) is 5.41. The topological polar surface area (TPSA) is 73.3 Å². The van der Waals surface area contributed by atoms with Crippen molar-refractivity contribution in [3.63, 3.8) is 0 Å². The van der Waals surface area contributed by atoms with E-state index < -0.39 is 0 Å². The van der Waals surface area contributed by atoms with Gasteiger partial charge in [0.2, 0.25) is 0 Å². The van der Waals surface area contributed by atoms with Crippen LogP contribution in [0.25, 0.3) is 11.3 Å². The Morgan fingerprint density at radius 1 is 1.33 bits per heavy atom.